The van der Waals surface area contributed by atoms with Gasteiger partial charge in [0.2, 0.25) is 5.91 Å². The number of benzene rings is 1. The van der Waals surface area contributed by atoms with Gasteiger partial charge in [0.25, 0.3) is 0 Å². The summed E-state index contributed by atoms with van der Waals surface area (Å²) in [5, 5.41) is 11.8. The second kappa shape index (κ2) is 5.73. The number of rotatable bonds is 4. The van der Waals surface area contributed by atoms with Crippen LogP contribution in [0, 0.1) is 11.8 Å². The number of carboxylic acids is 1. The highest BCUT2D eigenvalue weighted by molar-refractivity contribution is 6.00. The molecule has 2 aliphatic rings. The Balaban J connectivity index is 1.70. The summed E-state index contributed by atoms with van der Waals surface area (Å²) in [6.07, 6.45) is 0.431. The lowest BCUT2D eigenvalue weighted by atomic mass is 10.2. The summed E-state index contributed by atoms with van der Waals surface area (Å²) in [7, 11) is 0. The molecule has 6 nitrogen and oxygen atoms in total. The number of nitrogens with one attached hydrogen (secondary N) is 1. The van der Waals surface area contributed by atoms with Crippen molar-refractivity contribution < 1.29 is 19.4 Å². The zero-order valence-corrected chi connectivity index (χ0v) is 11.6. The molecular weight excluding hydrogens is 272 g/mol. The van der Waals surface area contributed by atoms with E-state index in [9.17, 15) is 9.59 Å². The Hall–Kier alpha value is -2.08. The first-order valence-electron chi connectivity index (χ1n) is 7.12. The molecule has 1 saturated carbocycles. The Morgan fingerprint density at radius 1 is 1.19 bits per heavy atom. The fourth-order valence-corrected chi connectivity index (χ4v) is 2.64. The zero-order valence-electron chi connectivity index (χ0n) is 11.6. The fraction of sp³-hybridized carbons (Fsp3) is 0.467. The first kappa shape index (κ1) is 13.9. The van der Waals surface area contributed by atoms with Crippen molar-refractivity contribution in [1.82, 2.24) is 0 Å². The molecule has 2 fully saturated rings. The van der Waals surface area contributed by atoms with Crippen molar-refractivity contribution in [2.24, 2.45) is 11.8 Å². The average molecular weight is 290 g/mol. The fourth-order valence-electron chi connectivity index (χ4n) is 2.64. The summed E-state index contributed by atoms with van der Waals surface area (Å²) in [6, 6.07) is 7.60. The highest BCUT2D eigenvalue weighted by atomic mass is 16.5. The van der Waals surface area contributed by atoms with Gasteiger partial charge in [-0.1, -0.05) is 12.1 Å². The van der Waals surface area contributed by atoms with Crippen LogP contribution < -0.4 is 10.2 Å². The second-order valence-corrected chi connectivity index (χ2v) is 5.39. The van der Waals surface area contributed by atoms with E-state index in [0.29, 0.717) is 19.6 Å². The molecule has 0 spiro atoms. The number of amides is 1. The molecule has 1 heterocycles. The maximum atomic E-state index is 12.1. The van der Waals surface area contributed by atoms with Crippen LogP contribution in [-0.2, 0) is 14.3 Å². The van der Waals surface area contributed by atoms with Crippen molar-refractivity contribution in [2.45, 2.75) is 6.42 Å². The van der Waals surface area contributed by atoms with Gasteiger partial charge in [-0.15, -0.1) is 0 Å². The summed E-state index contributed by atoms with van der Waals surface area (Å²) in [5.41, 5.74) is 1.70. The Bertz CT molecular complexity index is 554. The number of aliphatic carboxylic acids is 1. The van der Waals surface area contributed by atoms with Crippen LogP contribution in [-0.4, -0.2) is 43.3 Å². The Morgan fingerprint density at radius 3 is 2.57 bits per heavy atom. The second-order valence-electron chi connectivity index (χ2n) is 5.39. The van der Waals surface area contributed by atoms with Gasteiger partial charge in [0.05, 0.1) is 36.4 Å². The van der Waals surface area contributed by atoms with Crippen LogP contribution in [0.25, 0.3) is 0 Å². The third-order valence-corrected chi connectivity index (χ3v) is 3.96. The normalized spacial score (nSPS) is 24.5. The number of carbonyl (C=O) groups is 2. The molecule has 3 rings (SSSR count). The van der Waals surface area contributed by atoms with E-state index < -0.39 is 17.8 Å². The smallest absolute Gasteiger partial charge is 0.307 e. The van der Waals surface area contributed by atoms with Gasteiger partial charge in [-0.05, 0) is 18.6 Å². The van der Waals surface area contributed by atoms with E-state index in [1.807, 2.05) is 24.3 Å². The molecule has 0 bridgehead atoms. The molecule has 0 unspecified atom stereocenters. The molecule has 0 radical (unpaired) electrons. The molecular formula is C15H18N2O4. The minimum Gasteiger partial charge on any atom is -0.481 e. The molecule has 0 aromatic heterocycles. The predicted molar refractivity (Wildman–Crippen MR) is 77.3 cm³/mol. The van der Waals surface area contributed by atoms with Gasteiger partial charge in [-0.2, -0.15) is 0 Å². The van der Waals surface area contributed by atoms with E-state index in [-0.39, 0.29) is 5.91 Å². The van der Waals surface area contributed by atoms with Crippen LogP contribution in [0.1, 0.15) is 6.42 Å². The number of anilines is 2. The van der Waals surface area contributed by atoms with E-state index >= 15 is 0 Å². The molecule has 2 N–H and O–H groups in total. The van der Waals surface area contributed by atoms with Gasteiger partial charge < -0.3 is 20.1 Å². The Morgan fingerprint density at radius 2 is 1.90 bits per heavy atom. The highest BCUT2D eigenvalue weighted by Gasteiger charge is 2.48. The molecule has 1 amide bonds. The predicted octanol–water partition coefficient (Wildman–Crippen LogP) is 1.18. The summed E-state index contributed by atoms with van der Waals surface area (Å²) >= 11 is 0. The number of hydrogen-bond donors (Lipinski definition) is 2. The quantitative estimate of drug-likeness (QED) is 0.870. The summed E-state index contributed by atoms with van der Waals surface area (Å²) in [5.74, 6) is -2.03. The summed E-state index contributed by atoms with van der Waals surface area (Å²) in [4.78, 5) is 25.1. The van der Waals surface area contributed by atoms with E-state index in [1.165, 1.54) is 0 Å². The summed E-state index contributed by atoms with van der Waals surface area (Å²) in [6.45, 7) is 2.92. The highest BCUT2D eigenvalue weighted by Crippen LogP contribution is 2.40. The first-order valence-corrected chi connectivity index (χ1v) is 7.12. The maximum absolute atomic E-state index is 12.1. The zero-order chi connectivity index (χ0) is 14.8. The van der Waals surface area contributed by atoms with Crippen LogP contribution in [0.15, 0.2) is 24.3 Å². The first-order chi connectivity index (χ1) is 10.2. The van der Waals surface area contributed by atoms with Crippen molar-refractivity contribution in [3.63, 3.8) is 0 Å². The van der Waals surface area contributed by atoms with Crippen molar-refractivity contribution in [2.75, 3.05) is 36.5 Å². The molecule has 1 aliphatic carbocycles. The van der Waals surface area contributed by atoms with Crippen molar-refractivity contribution in [3.8, 4) is 0 Å². The van der Waals surface area contributed by atoms with E-state index in [4.69, 9.17) is 9.84 Å². The minimum absolute atomic E-state index is 0.205. The molecule has 1 saturated heterocycles. The van der Waals surface area contributed by atoms with Gasteiger partial charge in [0.15, 0.2) is 0 Å². The number of carboxylic acid groups (broad SMARTS) is 1. The van der Waals surface area contributed by atoms with Crippen LogP contribution in [0.5, 0.6) is 0 Å². The van der Waals surface area contributed by atoms with E-state index in [1.54, 1.807) is 0 Å². The molecule has 1 aromatic rings. The Kier molecular flexibility index (Phi) is 3.79. The van der Waals surface area contributed by atoms with Crippen LogP contribution in [0.4, 0.5) is 11.4 Å². The molecule has 1 aliphatic heterocycles. The van der Waals surface area contributed by atoms with Gasteiger partial charge in [-0.25, -0.2) is 0 Å². The number of ether oxygens (including phenoxy) is 1. The number of carbonyl (C=O) groups excluding carboxylic acids is 1. The third-order valence-electron chi connectivity index (χ3n) is 3.96. The average Bonchev–Trinajstić information content (AvgIpc) is 3.29. The molecule has 1 aromatic carbocycles. The SMILES string of the molecule is O=C(O)[C@H]1C[C@H]1C(=O)Nc1ccccc1N1CCOCC1. The molecule has 2 atom stereocenters. The lowest BCUT2D eigenvalue weighted by molar-refractivity contribution is -0.139. The molecule has 21 heavy (non-hydrogen) atoms. The van der Waals surface area contributed by atoms with E-state index in [0.717, 1.165) is 24.5 Å². The van der Waals surface area contributed by atoms with Crippen molar-refractivity contribution in [1.29, 1.82) is 0 Å². The largest absolute Gasteiger partial charge is 0.481 e. The number of para-hydroxylation sites is 2. The van der Waals surface area contributed by atoms with Crippen molar-refractivity contribution in [3.05, 3.63) is 24.3 Å². The van der Waals surface area contributed by atoms with Crippen molar-refractivity contribution >= 4 is 23.3 Å². The van der Waals surface area contributed by atoms with Crippen LogP contribution in [0.3, 0.4) is 0 Å². The van der Waals surface area contributed by atoms with Gasteiger partial charge >= 0.3 is 5.97 Å². The molecule has 6 heteroatoms. The lowest BCUT2D eigenvalue weighted by Crippen LogP contribution is -2.36. The minimum atomic E-state index is -0.892. The van der Waals surface area contributed by atoms with Gasteiger partial charge in [0, 0.05) is 13.1 Å². The van der Waals surface area contributed by atoms with Gasteiger partial charge in [-0.3, -0.25) is 9.59 Å². The number of nitrogens with zero attached hydrogens (tertiary/aromatic N) is 1. The maximum Gasteiger partial charge on any atom is 0.307 e. The number of hydrogen-bond acceptors (Lipinski definition) is 4. The topological polar surface area (TPSA) is 78.9 Å². The number of morpholine rings is 1. The standard InChI is InChI=1S/C15H18N2O4/c18-14(10-9-11(10)15(19)20)16-12-3-1-2-4-13(12)17-5-7-21-8-6-17/h1-4,10-11H,5-9H2,(H,16,18)(H,19,20)/t10-,11+/m1/s1. The van der Waals surface area contributed by atoms with E-state index in [2.05, 4.69) is 10.2 Å². The summed E-state index contributed by atoms with van der Waals surface area (Å²) < 4.78 is 5.34. The third kappa shape index (κ3) is 3.00. The van der Waals surface area contributed by atoms with Crippen LogP contribution >= 0.6 is 0 Å². The lowest BCUT2D eigenvalue weighted by Gasteiger charge is -2.30. The monoisotopic (exact) mass is 290 g/mol. The van der Waals surface area contributed by atoms with Gasteiger partial charge in [0.1, 0.15) is 0 Å². The molecule has 112 valence electrons. The van der Waals surface area contributed by atoms with Crippen LogP contribution in [0.2, 0.25) is 0 Å². The Labute approximate surface area is 122 Å².